The van der Waals surface area contributed by atoms with Gasteiger partial charge in [-0.15, -0.1) is 0 Å². The fraction of sp³-hybridized carbons (Fsp3) is 0.370. The van der Waals surface area contributed by atoms with Crippen LogP contribution in [0.3, 0.4) is 0 Å². The molecule has 2 aromatic carbocycles. The maximum Gasteiger partial charge on any atom is 0.253 e. The molecule has 0 aliphatic carbocycles. The number of rotatable bonds is 4. The van der Waals surface area contributed by atoms with Crippen LogP contribution in [0.2, 0.25) is 5.02 Å². The highest BCUT2D eigenvalue weighted by atomic mass is 35.5. The molecule has 0 saturated carbocycles. The molecule has 0 radical (unpaired) electrons. The molecule has 1 amide bonds. The van der Waals surface area contributed by atoms with Crippen molar-refractivity contribution in [3.63, 3.8) is 0 Å². The van der Waals surface area contributed by atoms with Crippen LogP contribution in [0, 0.1) is 0 Å². The first-order valence-electron chi connectivity index (χ1n) is 11.9. The fourth-order valence-corrected chi connectivity index (χ4v) is 5.45. The third kappa shape index (κ3) is 3.93. The summed E-state index contributed by atoms with van der Waals surface area (Å²) in [4.78, 5) is 15.3. The molecule has 35 heavy (non-hydrogen) atoms. The summed E-state index contributed by atoms with van der Waals surface area (Å²) in [7, 11) is 1.59. The van der Waals surface area contributed by atoms with E-state index < -0.39 is 5.60 Å². The van der Waals surface area contributed by atoms with E-state index in [4.69, 9.17) is 30.5 Å². The molecule has 0 bridgehead atoms. The van der Waals surface area contributed by atoms with Crippen LogP contribution in [-0.2, 0) is 10.3 Å². The number of amides is 1. The maximum atomic E-state index is 13.4. The van der Waals surface area contributed by atoms with Crippen molar-refractivity contribution in [1.82, 2.24) is 9.47 Å². The van der Waals surface area contributed by atoms with Crippen molar-refractivity contribution in [1.29, 1.82) is 0 Å². The van der Waals surface area contributed by atoms with E-state index in [0.29, 0.717) is 61.2 Å². The predicted octanol–water partition coefficient (Wildman–Crippen LogP) is 4.83. The summed E-state index contributed by atoms with van der Waals surface area (Å²) < 4.78 is 25.7. The average Bonchev–Trinajstić information content (AvgIpc) is 3.57. The van der Waals surface area contributed by atoms with Crippen LogP contribution in [0.25, 0.3) is 5.69 Å². The van der Waals surface area contributed by atoms with Crippen LogP contribution >= 0.6 is 11.6 Å². The van der Waals surface area contributed by atoms with E-state index in [1.54, 1.807) is 19.2 Å². The molecule has 182 valence electrons. The average molecular weight is 495 g/mol. The number of halogens is 1. The largest absolute Gasteiger partial charge is 0.493 e. The smallest absolute Gasteiger partial charge is 0.253 e. The Bertz CT molecular complexity index is 1260. The first kappa shape index (κ1) is 22.3. The third-order valence-electron chi connectivity index (χ3n) is 7.15. The van der Waals surface area contributed by atoms with Gasteiger partial charge in [0.25, 0.3) is 5.91 Å². The molecule has 7 nitrogen and oxygen atoms in total. The number of nitrogens with zero attached hydrogens (tertiary/aromatic N) is 2. The van der Waals surface area contributed by atoms with Crippen LogP contribution in [0.15, 0.2) is 54.7 Å². The number of ether oxygens (including phenoxy) is 4. The molecule has 0 unspecified atom stereocenters. The summed E-state index contributed by atoms with van der Waals surface area (Å²) in [6.45, 7) is 2.44. The van der Waals surface area contributed by atoms with E-state index in [1.807, 2.05) is 35.2 Å². The molecule has 0 N–H and O–H groups in total. The molecule has 2 saturated heterocycles. The van der Waals surface area contributed by atoms with Crippen molar-refractivity contribution in [3.05, 3.63) is 71.0 Å². The lowest BCUT2D eigenvalue weighted by atomic mass is 9.86. The highest BCUT2D eigenvalue weighted by molar-refractivity contribution is 6.30. The van der Waals surface area contributed by atoms with Gasteiger partial charge in [-0.3, -0.25) is 4.79 Å². The molecule has 1 atom stereocenters. The van der Waals surface area contributed by atoms with Gasteiger partial charge in [0.15, 0.2) is 17.1 Å². The molecule has 1 aromatic heterocycles. The number of aromatic nitrogens is 1. The predicted molar refractivity (Wildman–Crippen MR) is 131 cm³/mol. The highest BCUT2D eigenvalue weighted by Gasteiger charge is 2.44. The number of benzene rings is 2. The van der Waals surface area contributed by atoms with Crippen molar-refractivity contribution in [2.75, 3.05) is 33.4 Å². The Morgan fingerprint density at radius 1 is 1.11 bits per heavy atom. The topological polar surface area (TPSA) is 62.2 Å². The first-order valence-corrected chi connectivity index (χ1v) is 12.3. The number of hydrogen-bond acceptors (Lipinski definition) is 5. The van der Waals surface area contributed by atoms with Gasteiger partial charge < -0.3 is 28.4 Å². The van der Waals surface area contributed by atoms with E-state index in [1.165, 1.54) is 0 Å². The van der Waals surface area contributed by atoms with E-state index in [2.05, 4.69) is 16.8 Å². The molecule has 8 heteroatoms. The number of carbonyl (C=O) groups excluding carboxylic acids is 1. The third-order valence-corrected chi connectivity index (χ3v) is 7.39. The minimum absolute atomic E-state index is 0.0122. The Morgan fingerprint density at radius 2 is 1.97 bits per heavy atom. The number of carbonyl (C=O) groups is 1. The summed E-state index contributed by atoms with van der Waals surface area (Å²) in [5, 5.41) is 0.643. The number of hydrogen-bond donors (Lipinski definition) is 0. The lowest BCUT2D eigenvalue weighted by Crippen LogP contribution is -2.50. The van der Waals surface area contributed by atoms with Gasteiger partial charge in [-0.2, -0.15) is 0 Å². The highest BCUT2D eigenvalue weighted by Crippen LogP contribution is 2.46. The Labute approximate surface area is 209 Å². The molecular formula is C27H27ClN2O5. The molecule has 3 aliphatic heterocycles. The van der Waals surface area contributed by atoms with Gasteiger partial charge in [-0.1, -0.05) is 11.6 Å². The van der Waals surface area contributed by atoms with Crippen molar-refractivity contribution >= 4 is 17.5 Å². The van der Waals surface area contributed by atoms with E-state index >= 15 is 0 Å². The standard InChI is InChI=1S/C27H27ClN2O5/c1-32-24-15-18(4-7-22(24)34-20-8-14-33-17-20)26(31)29-12-9-27(10-13-29)25-3-2-11-30(25)21-6-5-19(28)16-23(21)35-27/h2-7,11,15-16,20H,8-10,12-14,17H2,1H3/t20-/m0/s1. The van der Waals surface area contributed by atoms with Crippen LogP contribution in [0.1, 0.15) is 35.3 Å². The first-order chi connectivity index (χ1) is 17.1. The molecule has 4 heterocycles. The molecule has 1 spiro atoms. The number of fused-ring (bicyclic) bond motifs is 4. The van der Waals surface area contributed by atoms with E-state index in [0.717, 1.165) is 23.6 Å². The van der Waals surface area contributed by atoms with Gasteiger partial charge >= 0.3 is 0 Å². The number of piperidine rings is 1. The van der Waals surface area contributed by atoms with Gasteiger partial charge in [0, 0.05) is 55.2 Å². The summed E-state index contributed by atoms with van der Waals surface area (Å²) in [5.41, 5.74) is 2.19. The Kier molecular flexibility index (Phi) is 5.61. The molecule has 6 rings (SSSR count). The lowest BCUT2D eigenvalue weighted by molar-refractivity contribution is -0.00930. The second-order valence-electron chi connectivity index (χ2n) is 9.23. The Morgan fingerprint density at radius 3 is 2.74 bits per heavy atom. The van der Waals surface area contributed by atoms with Gasteiger partial charge in [-0.05, 0) is 42.5 Å². The maximum absolute atomic E-state index is 13.4. The Hall–Kier alpha value is -3.16. The van der Waals surface area contributed by atoms with Crippen LogP contribution in [0.4, 0.5) is 0 Å². The van der Waals surface area contributed by atoms with E-state index in [-0.39, 0.29) is 12.0 Å². The van der Waals surface area contributed by atoms with Gasteiger partial charge in [0.2, 0.25) is 0 Å². The minimum atomic E-state index is -0.489. The molecular weight excluding hydrogens is 468 g/mol. The quantitative estimate of drug-likeness (QED) is 0.520. The zero-order chi connectivity index (χ0) is 24.0. The van der Waals surface area contributed by atoms with E-state index in [9.17, 15) is 4.79 Å². The van der Waals surface area contributed by atoms with Gasteiger partial charge in [-0.25, -0.2) is 0 Å². The summed E-state index contributed by atoms with van der Waals surface area (Å²) in [5.74, 6) is 1.93. The van der Waals surface area contributed by atoms with Crippen molar-refractivity contribution in [2.45, 2.75) is 31.0 Å². The van der Waals surface area contributed by atoms with Crippen molar-refractivity contribution in [3.8, 4) is 22.9 Å². The minimum Gasteiger partial charge on any atom is -0.493 e. The van der Waals surface area contributed by atoms with Crippen molar-refractivity contribution in [2.24, 2.45) is 0 Å². The van der Waals surface area contributed by atoms with Gasteiger partial charge in [0.05, 0.1) is 31.7 Å². The summed E-state index contributed by atoms with van der Waals surface area (Å²) in [6.07, 6.45) is 4.29. The lowest BCUT2D eigenvalue weighted by Gasteiger charge is -2.45. The summed E-state index contributed by atoms with van der Waals surface area (Å²) >= 11 is 6.25. The van der Waals surface area contributed by atoms with Crippen LogP contribution < -0.4 is 14.2 Å². The zero-order valence-electron chi connectivity index (χ0n) is 19.5. The summed E-state index contributed by atoms with van der Waals surface area (Å²) in [6, 6.07) is 15.2. The molecule has 3 aromatic rings. The van der Waals surface area contributed by atoms with Gasteiger partial charge in [0.1, 0.15) is 11.9 Å². The fourth-order valence-electron chi connectivity index (χ4n) is 5.29. The second kappa shape index (κ2) is 8.81. The normalized spacial score (nSPS) is 20.2. The number of likely N-dealkylation sites (tertiary alicyclic amines) is 1. The zero-order valence-corrected chi connectivity index (χ0v) is 20.3. The number of methoxy groups -OCH3 is 1. The second-order valence-corrected chi connectivity index (χ2v) is 9.67. The monoisotopic (exact) mass is 494 g/mol. The van der Waals surface area contributed by atoms with Crippen molar-refractivity contribution < 1.29 is 23.7 Å². The Balaban J connectivity index is 1.19. The molecule has 2 fully saturated rings. The molecule has 3 aliphatic rings. The van der Waals surface area contributed by atoms with Crippen LogP contribution in [0.5, 0.6) is 17.2 Å². The SMILES string of the molecule is COc1cc(C(=O)N2CCC3(CC2)Oc2cc(Cl)ccc2-n2cccc23)ccc1O[C@H]1CCOC1. The van der Waals surface area contributed by atoms with Crippen LogP contribution in [-0.4, -0.2) is 54.9 Å².